The molecule has 1 aromatic heterocycles. The summed E-state index contributed by atoms with van der Waals surface area (Å²) in [5.74, 6) is -4.04. The van der Waals surface area contributed by atoms with Crippen LogP contribution < -0.4 is 9.46 Å². The molecule has 0 fully saturated rings. The molecular formula is C24H16ClF3N2O4S. The number of carbonyl (C=O) groups is 1. The van der Waals surface area contributed by atoms with Crippen LogP contribution in [0.3, 0.4) is 0 Å². The summed E-state index contributed by atoms with van der Waals surface area (Å²) in [6.07, 6.45) is 3.98. The predicted molar refractivity (Wildman–Crippen MR) is 125 cm³/mol. The van der Waals surface area contributed by atoms with E-state index in [9.17, 15) is 26.4 Å². The lowest BCUT2D eigenvalue weighted by Gasteiger charge is -2.09. The number of fused-ring (bicyclic) bond motifs is 1. The highest BCUT2D eigenvalue weighted by molar-refractivity contribution is 7.90. The van der Waals surface area contributed by atoms with Crippen molar-refractivity contribution in [3.8, 4) is 11.5 Å². The van der Waals surface area contributed by atoms with Crippen LogP contribution in [0.2, 0.25) is 5.02 Å². The second kappa shape index (κ2) is 9.47. The van der Waals surface area contributed by atoms with E-state index in [0.29, 0.717) is 34.3 Å². The first kappa shape index (κ1) is 24.4. The summed E-state index contributed by atoms with van der Waals surface area (Å²) < 4.78 is 74.7. The zero-order chi connectivity index (χ0) is 25.3. The van der Waals surface area contributed by atoms with E-state index < -0.39 is 38.3 Å². The fraction of sp³-hybridized carbons (Fsp3) is 0.0417. The van der Waals surface area contributed by atoms with Crippen molar-refractivity contribution >= 4 is 44.5 Å². The molecule has 6 nitrogen and oxygen atoms in total. The summed E-state index contributed by atoms with van der Waals surface area (Å²) in [5.41, 5.74) is 1.18. The van der Waals surface area contributed by atoms with E-state index in [1.807, 2.05) is 0 Å². The molecule has 35 heavy (non-hydrogen) atoms. The van der Waals surface area contributed by atoms with Crippen LogP contribution in [0.25, 0.3) is 17.0 Å². The lowest BCUT2D eigenvalue weighted by atomic mass is 10.1. The number of nitrogens with zero attached hydrogens (tertiary/aromatic N) is 1. The van der Waals surface area contributed by atoms with Crippen molar-refractivity contribution in [2.75, 3.05) is 0 Å². The van der Waals surface area contributed by atoms with Gasteiger partial charge >= 0.3 is 0 Å². The van der Waals surface area contributed by atoms with Crippen LogP contribution in [0.4, 0.5) is 13.2 Å². The average molecular weight is 521 g/mol. The Morgan fingerprint density at radius 3 is 2.49 bits per heavy atom. The van der Waals surface area contributed by atoms with Crippen LogP contribution in [0, 0.1) is 17.5 Å². The zero-order valence-corrected chi connectivity index (χ0v) is 19.5. The zero-order valence-electron chi connectivity index (χ0n) is 17.9. The molecule has 3 aromatic carbocycles. The fourth-order valence-corrected chi connectivity index (χ4v) is 4.48. The van der Waals surface area contributed by atoms with Gasteiger partial charge in [0.2, 0.25) is 0 Å². The molecule has 0 unspecified atom stereocenters. The van der Waals surface area contributed by atoms with Crippen molar-refractivity contribution in [2.24, 2.45) is 7.05 Å². The third-order valence-electron chi connectivity index (χ3n) is 4.97. The van der Waals surface area contributed by atoms with E-state index in [1.165, 1.54) is 18.2 Å². The monoisotopic (exact) mass is 520 g/mol. The largest absolute Gasteiger partial charge is 0.454 e. The lowest BCUT2D eigenvalue weighted by Crippen LogP contribution is -2.29. The van der Waals surface area contributed by atoms with Crippen LogP contribution in [-0.4, -0.2) is 18.9 Å². The second-order valence-corrected chi connectivity index (χ2v) is 9.52. The second-order valence-electron chi connectivity index (χ2n) is 7.40. The number of sulfonamides is 1. The molecule has 0 aliphatic carbocycles. The number of halogens is 4. The molecular weight excluding hydrogens is 505 g/mol. The molecule has 0 atom stereocenters. The van der Waals surface area contributed by atoms with Gasteiger partial charge in [-0.05, 0) is 54.6 Å². The number of benzene rings is 3. The van der Waals surface area contributed by atoms with E-state index in [0.717, 1.165) is 18.2 Å². The highest BCUT2D eigenvalue weighted by atomic mass is 35.5. The van der Waals surface area contributed by atoms with Gasteiger partial charge in [0, 0.05) is 35.3 Å². The molecule has 11 heteroatoms. The number of rotatable bonds is 6. The Bertz CT molecular complexity index is 1600. The minimum Gasteiger partial charge on any atom is -0.454 e. The highest BCUT2D eigenvalue weighted by Crippen LogP contribution is 2.35. The Hall–Kier alpha value is -3.76. The first-order valence-corrected chi connectivity index (χ1v) is 11.8. The normalized spacial score (nSPS) is 11.8. The van der Waals surface area contributed by atoms with Gasteiger partial charge in [0.1, 0.15) is 5.75 Å². The molecule has 0 aliphatic heterocycles. The molecule has 0 spiro atoms. The Kier molecular flexibility index (Phi) is 6.60. The van der Waals surface area contributed by atoms with Crippen LogP contribution >= 0.6 is 11.6 Å². The Labute approximate surface area is 203 Å². The molecule has 1 amide bonds. The van der Waals surface area contributed by atoms with Gasteiger partial charge in [-0.25, -0.2) is 26.3 Å². The topological polar surface area (TPSA) is 77.4 Å². The SMILES string of the molecule is Cn1cc(/C=C/C(=O)NS(=O)(=O)c2ccc(F)c(F)c2)c2c(Oc3ccc(Cl)cc3F)cccc21. The number of carbonyl (C=O) groups excluding carboxylic acids is 1. The fourth-order valence-electron chi connectivity index (χ4n) is 3.37. The van der Waals surface area contributed by atoms with Gasteiger partial charge in [0.05, 0.1) is 10.4 Å². The molecule has 0 aliphatic rings. The summed E-state index contributed by atoms with van der Waals surface area (Å²) in [5, 5.41) is 0.748. The number of aryl methyl sites for hydroxylation is 1. The molecule has 0 bridgehead atoms. The summed E-state index contributed by atoms with van der Waals surface area (Å²) in [4.78, 5) is 11.7. The quantitative estimate of drug-likeness (QED) is 0.338. The van der Waals surface area contributed by atoms with E-state index in [1.54, 1.807) is 40.7 Å². The number of hydrogen-bond donors (Lipinski definition) is 1. The first-order valence-electron chi connectivity index (χ1n) is 9.96. The van der Waals surface area contributed by atoms with Crippen molar-refractivity contribution in [1.82, 2.24) is 9.29 Å². The summed E-state index contributed by atoms with van der Waals surface area (Å²) >= 11 is 5.79. The number of hydrogen-bond acceptors (Lipinski definition) is 4. The number of amides is 1. The Morgan fingerprint density at radius 1 is 1.00 bits per heavy atom. The van der Waals surface area contributed by atoms with Crippen LogP contribution in [-0.2, 0) is 21.9 Å². The lowest BCUT2D eigenvalue weighted by molar-refractivity contribution is -0.114. The van der Waals surface area contributed by atoms with Gasteiger partial charge < -0.3 is 9.30 Å². The first-order chi connectivity index (χ1) is 16.5. The highest BCUT2D eigenvalue weighted by Gasteiger charge is 2.19. The van der Waals surface area contributed by atoms with Crippen molar-refractivity contribution in [3.05, 3.63) is 94.9 Å². The van der Waals surface area contributed by atoms with Crippen LogP contribution in [0.5, 0.6) is 11.5 Å². The van der Waals surface area contributed by atoms with Gasteiger partial charge in [0.25, 0.3) is 15.9 Å². The number of ether oxygens (including phenoxy) is 1. The van der Waals surface area contributed by atoms with Crippen molar-refractivity contribution in [1.29, 1.82) is 0 Å². The summed E-state index contributed by atoms with van der Waals surface area (Å²) in [7, 11) is -2.69. The minimum atomic E-state index is -4.44. The van der Waals surface area contributed by atoms with Crippen LogP contribution in [0.1, 0.15) is 5.56 Å². The predicted octanol–water partition coefficient (Wildman–Crippen LogP) is 5.56. The average Bonchev–Trinajstić information content (AvgIpc) is 3.12. The maximum absolute atomic E-state index is 14.3. The molecule has 180 valence electrons. The standard InChI is InChI=1S/C24H16ClF3N2O4S/c1-30-13-14(5-10-23(31)29-35(32,33)16-7-8-17(26)18(27)12-16)24-20(30)3-2-4-22(24)34-21-9-6-15(25)11-19(21)28/h2-13H,1H3,(H,29,31)/b10-5+. The Balaban J connectivity index is 1.63. The molecule has 4 rings (SSSR count). The van der Waals surface area contributed by atoms with Gasteiger partial charge in [-0.3, -0.25) is 4.79 Å². The summed E-state index contributed by atoms with van der Waals surface area (Å²) in [6.45, 7) is 0. The van der Waals surface area contributed by atoms with E-state index >= 15 is 0 Å². The maximum atomic E-state index is 14.3. The number of nitrogens with one attached hydrogen (secondary N) is 1. The van der Waals surface area contributed by atoms with Gasteiger partial charge in [-0.2, -0.15) is 0 Å². The molecule has 0 radical (unpaired) electrons. The Morgan fingerprint density at radius 2 is 1.77 bits per heavy atom. The van der Waals surface area contributed by atoms with E-state index in [4.69, 9.17) is 16.3 Å². The summed E-state index contributed by atoms with van der Waals surface area (Å²) in [6, 6.07) is 11.0. The van der Waals surface area contributed by atoms with Crippen molar-refractivity contribution in [3.63, 3.8) is 0 Å². The molecule has 0 saturated heterocycles. The van der Waals surface area contributed by atoms with Crippen LogP contribution in [0.15, 0.2) is 71.8 Å². The third-order valence-corrected chi connectivity index (χ3v) is 6.55. The van der Waals surface area contributed by atoms with E-state index in [2.05, 4.69) is 0 Å². The van der Waals surface area contributed by atoms with E-state index in [-0.39, 0.29) is 10.8 Å². The molecule has 4 aromatic rings. The smallest absolute Gasteiger partial charge is 0.264 e. The van der Waals surface area contributed by atoms with Gasteiger partial charge in [-0.1, -0.05) is 17.7 Å². The third kappa shape index (κ3) is 5.18. The minimum absolute atomic E-state index is 0.0592. The van der Waals surface area contributed by atoms with Crippen molar-refractivity contribution < 1.29 is 31.1 Å². The molecule has 1 N–H and O–H groups in total. The number of aromatic nitrogens is 1. The maximum Gasteiger partial charge on any atom is 0.264 e. The molecule has 0 saturated carbocycles. The molecule has 1 heterocycles. The van der Waals surface area contributed by atoms with Gasteiger partial charge in [-0.15, -0.1) is 0 Å². The van der Waals surface area contributed by atoms with Gasteiger partial charge in [0.15, 0.2) is 23.2 Å². The van der Waals surface area contributed by atoms with Crippen molar-refractivity contribution in [2.45, 2.75) is 4.90 Å².